The lowest BCUT2D eigenvalue weighted by atomic mass is 9.92. The monoisotopic (exact) mass is 369 g/mol. The standard InChI is InChI=1S/C21H28FN5/c1-21(2,3)19-8-9-20(24-23-19)27-14-18(15-27)26-12-10-25(11-13-26)17-6-4-16(22)5-7-17/h4-9,18H,10-15H2,1-3H3. The zero-order valence-electron chi connectivity index (χ0n) is 16.4. The highest BCUT2D eigenvalue weighted by molar-refractivity contribution is 5.47. The number of halogens is 1. The number of piperazine rings is 1. The van der Waals surface area contributed by atoms with Gasteiger partial charge in [-0.1, -0.05) is 20.8 Å². The SMILES string of the molecule is CC(C)(C)c1ccc(N2CC(N3CCN(c4ccc(F)cc4)CC3)C2)nn1. The second-order valence-electron chi connectivity index (χ2n) is 8.59. The van der Waals surface area contributed by atoms with Crippen LogP contribution in [0.4, 0.5) is 15.9 Å². The van der Waals surface area contributed by atoms with Gasteiger partial charge in [0.15, 0.2) is 5.82 Å². The smallest absolute Gasteiger partial charge is 0.151 e. The van der Waals surface area contributed by atoms with Gasteiger partial charge in [-0.3, -0.25) is 4.90 Å². The molecule has 144 valence electrons. The number of hydrogen-bond acceptors (Lipinski definition) is 5. The van der Waals surface area contributed by atoms with Crippen LogP contribution in [0, 0.1) is 5.82 Å². The Bertz CT molecular complexity index is 755. The van der Waals surface area contributed by atoms with E-state index in [1.54, 1.807) is 0 Å². The van der Waals surface area contributed by atoms with Crippen LogP contribution in [0.25, 0.3) is 0 Å². The molecule has 2 saturated heterocycles. The van der Waals surface area contributed by atoms with E-state index in [2.05, 4.69) is 57.8 Å². The van der Waals surface area contributed by atoms with Crippen molar-refractivity contribution in [2.75, 3.05) is 49.1 Å². The van der Waals surface area contributed by atoms with Gasteiger partial charge in [-0.15, -0.1) is 5.10 Å². The van der Waals surface area contributed by atoms with Crippen molar-refractivity contribution in [3.63, 3.8) is 0 Å². The van der Waals surface area contributed by atoms with Crippen LogP contribution in [0.1, 0.15) is 26.5 Å². The molecule has 0 atom stereocenters. The molecular formula is C21H28FN5. The zero-order valence-corrected chi connectivity index (χ0v) is 16.4. The van der Waals surface area contributed by atoms with Crippen LogP contribution in [-0.4, -0.2) is 60.4 Å². The lowest BCUT2D eigenvalue weighted by Crippen LogP contribution is -2.63. The van der Waals surface area contributed by atoms with E-state index in [0.717, 1.165) is 56.5 Å². The summed E-state index contributed by atoms with van der Waals surface area (Å²) in [5.41, 5.74) is 2.17. The highest BCUT2D eigenvalue weighted by Gasteiger charge is 2.34. The first-order valence-electron chi connectivity index (χ1n) is 9.74. The first-order chi connectivity index (χ1) is 12.9. The van der Waals surface area contributed by atoms with Crippen LogP contribution in [0.5, 0.6) is 0 Å². The first-order valence-corrected chi connectivity index (χ1v) is 9.74. The highest BCUT2D eigenvalue weighted by Crippen LogP contribution is 2.26. The van der Waals surface area contributed by atoms with E-state index in [1.165, 1.54) is 12.1 Å². The summed E-state index contributed by atoms with van der Waals surface area (Å²) < 4.78 is 13.1. The molecule has 2 aromatic rings. The molecular weight excluding hydrogens is 341 g/mol. The third-order valence-corrected chi connectivity index (χ3v) is 5.63. The van der Waals surface area contributed by atoms with Gasteiger partial charge in [0.25, 0.3) is 0 Å². The molecule has 2 aliphatic rings. The maximum absolute atomic E-state index is 13.1. The Labute approximate surface area is 160 Å². The zero-order chi connectivity index (χ0) is 19.0. The second kappa shape index (κ2) is 7.08. The van der Waals surface area contributed by atoms with Crippen molar-refractivity contribution in [1.82, 2.24) is 15.1 Å². The summed E-state index contributed by atoms with van der Waals surface area (Å²) in [4.78, 5) is 7.20. The molecule has 5 nitrogen and oxygen atoms in total. The summed E-state index contributed by atoms with van der Waals surface area (Å²) in [7, 11) is 0. The molecule has 0 amide bonds. The molecule has 1 aromatic carbocycles. The molecule has 0 aliphatic carbocycles. The topological polar surface area (TPSA) is 35.5 Å². The van der Waals surface area contributed by atoms with Gasteiger partial charge in [0, 0.05) is 56.4 Å². The van der Waals surface area contributed by atoms with E-state index in [1.807, 2.05) is 12.1 Å². The largest absolute Gasteiger partial charge is 0.369 e. The van der Waals surface area contributed by atoms with Crippen LogP contribution < -0.4 is 9.80 Å². The van der Waals surface area contributed by atoms with E-state index >= 15 is 0 Å². The molecule has 0 N–H and O–H groups in total. The van der Waals surface area contributed by atoms with Gasteiger partial charge in [0.05, 0.1) is 5.69 Å². The fourth-order valence-corrected chi connectivity index (χ4v) is 3.76. The Morgan fingerprint density at radius 2 is 1.52 bits per heavy atom. The van der Waals surface area contributed by atoms with Crippen molar-refractivity contribution in [2.45, 2.75) is 32.2 Å². The number of benzene rings is 1. The summed E-state index contributed by atoms with van der Waals surface area (Å²) >= 11 is 0. The molecule has 0 spiro atoms. The normalized spacial score (nSPS) is 19.3. The lowest BCUT2D eigenvalue weighted by molar-refractivity contribution is 0.156. The fourth-order valence-electron chi connectivity index (χ4n) is 3.76. The molecule has 27 heavy (non-hydrogen) atoms. The first kappa shape index (κ1) is 18.2. The summed E-state index contributed by atoms with van der Waals surface area (Å²) in [6, 6.07) is 11.6. The van der Waals surface area contributed by atoms with Gasteiger partial charge < -0.3 is 9.80 Å². The van der Waals surface area contributed by atoms with Crippen molar-refractivity contribution in [3.05, 3.63) is 47.9 Å². The van der Waals surface area contributed by atoms with E-state index in [4.69, 9.17) is 0 Å². The van der Waals surface area contributed by atoms with Crippen LogP contribution >= 0.6 is 0 Å². The van der Waals surface area contributed by atoms with E-state index in [0.29, 0.717) is 6.04 Å². The quantitative estimate of drug-likeness (QED) is 0.831. The fraction of sp³-hybridized carbons (Fsp3) is 0.524. The van der Waals surface area contributed by atoms with Gasteiger partial charge in [0.2, 0.25) is 0 Å². The van der Waals surface area contributed by atoms with Crippen molar-refractivity contribution in [2.24, 2.45) is 0 Å². The Morgan fingerprint density at radius 3 is 2.07 bits per heavy atom. The van der Waals surface area contributed by atoms with Crippen LogP contribution in [0.3, 0.4) is 0 Å². The summed E-state index contributed by atoms with van der Waals surface area (Å²) in [5.74, 6) is 0.801. The van der Waals surface area contributed by atoms with Gasteiger partial charge in [-0.2, -0.15) is 5.10 Å². The molecule has 0 saturated carbocycles. The predicted octanol–water partition coefficient (Wildman–Crippen LogP) is 2.92. The Kier molecular flexibility index (Phi) is 4.76. The number of rotatable bonds is 3. The number of aromatic nitrogens is 2. The molecule has 6 heteroatoms. The minimum absolute atomic E-state index is 0.0349. The van der Waals surface area contributed by atoms with E-state index in [-0.39, 0.29) is 11.2 Å². The number of nitrogens with zero attached hydrogens (tertiary/aromatic N) is 5. The van der Waals surface area contributed by atoms with Crippen LogP contribution in [0.15, 0.2) is 36.4 Å². The highest BCUT2D eigenvalue weighted by atomic mass is 19.1. The molecule has 4 rings (SSSR count). The minimum atomic E-state index is -0.175. The average Bonchev–Trinajstić information content (AvgIpc) is 2.62. The molecule has 0 unspecified atom stereocenters. The summed E-state index contributed by atoms with van der Waals surface area (Å²) in [6.45, 7) is 12.6. The number of anilines is 2. The third-order valence-electron chi connectivity index (χ3n) is 5.63. The Morgan fingerprint density at radius 1 is 0.852 bits per heavy atom. The third kappa shape index (κ3) is 3.90. The maximum Gasteiger partial charge on any atom is 0.151 e. The maximum atomic E-state index is 13.1. The lowest BCUT2D eigenvalue weighted by Gasteiger charge is -2.48. The van der Waals surface area contributed by atoms with Gasteiger partial charge in [-0.05, 0) is 36.4 Å². The van der Waals surface area contributed by atoms with Crippen molar-refractivity contribution < 1.29 is 4.39 Å². The molecule has 0 bridgehead atoms. The minimum Gasteiger partial charge on any atom is -0.369 e. The number of hydrogen-bond donors (Lipinski definition) is 0. The van der Waals surface area contributed by atoms with Gasteiger partial charge >= 0.3 is 0 Å². The molecule has 3 heterocycles. The summed E-state index contributed by atoms with van der Waals surface area (Å²) in [5, 5.41) is 8.83. The van der Waals surface area contributed by atoms with E-state index in [9.17, 15) is 4.39 Å². The Balaban J connectivity index is 1.27. The van der Waals surface area contributed by atoms with Crippen LogP contribution in [-0.2, 0) is 5.41 Å². The predicted molar refractivity (Wildman–Crippen MR) is 107 cm³/mol. The molecule has 2 fully saturated rings. The second-order valence-corrected chi connectivity index (χ2v) is 8.59. The van der Waals surface area contributed by atoms with E-state index < -0.39 is 0 Å². The van der Waals surface area contributed by atoms with Crippen molar-refractivity contribution in [3.8, 4) is 0 Å². The summed E-state index contributed by atoms with van der Waals surface area (Å²) in [6.07, 6.45) is 0. The molecule has 0 radical (unpaired) electrons. The van der Waals surface area contributed by atoms with Crippen LogP contribution in [0.2, 0.25) is 0 Å². The average molecular weight is 369 g/mol. The van der Waals surface area contributed by atoms with Gasteiger partial charge in [-0.25, -0.2) is 4.39 Å². The van der Waals surface area contributed by atoms with Gasteiger partial charge in [0.1, 0.15) is 5.82 Å². The van der Waals surface area contributed by atoms with Crippen molar-refractivity contribution in [1.29, 1.82) is 0 Å². The van der Waals surface area contributed by atoms with Crippen molar-refractivity contribution >= 4 is 11.5 Å². The molecule has 2 aliphatic heterocycles. The molecule has 1 aromatic heterocycles. The Hall–Kier alpha value is -2.21.